The van der Waals surface area contributed by atoms with Crippen LogP contribution in [0.5, 0.6) is 0 Å². The summed E-state index contributed by atoms with van der Waals surface area (Å²) in [5, 5.41) is 18.5. The van der Waals surface area contributed by atoms with E-state index >= 15 is 0 Å². The third-order valence-electron chi connectivity index (χ3n) is 6.52. The SMILES string of the molecule is Cn1ncc(C(=O)O)c1NC(=O)C1CC1CNC(=O)OCC1c2ccccc2-c2ccccc21. The van der Waals surface area contributed by atoms with Crippen molar-refractivity contribution in [3.63, 3.8) is 0 Å². The van der Waals surface area contributed by atoms with Crippen molar-refractivity contribution >= 4 is 23.8 Å². The zero-order valence-corrected chi connectivity index (χ0v) is 18.5. The van der Waals surface area contributed by atoms with Crippen LogP contribution in [0.3, 0.4) is 0 Å². The molecule has 2 atom stereocenters. The molecule has 1 heterocycles. The van der Waals surface area contributed by atoms with E-state index in [2.05, 4.69) is 40.0 Å². The summed E-state index contributed by atoms with van der Waals surface area (Å²) in [5.74, 6) is -1.64. The van der Waals surface area contributed by atoms with Gasteiger partial charge in [0.05, 0.1) is 6.20 Å². The second-order valence-corrected chi connectivity index (χ2v) is 8.63. The summed E-state index contributed by atoms with van der Waals surface area (Å²) in [6, 6.07) is 16.3. The van der Waals surface area contributed by atoms with Crippen LogP contribution in [0, 0.1) is 11.8 Å². The molecule has 2 aliphatic carbocycles. The van der Waals surface area contributed by atoms with E-state index in [-0.39, 0.29) is 41.6 Å². The molecular formula is C25H24N4O5. The Balaban J connectivity index is 1.12. The van der Waals surface area contributed by atoms with Gasteiger partial charge in [-0.05, 0) is 34.6 Å². The second kappa shape index (κ2) is 8.66. The lowest BCUT2D eigenvalue weighted by Gasteiger charge is -2.14. The molecule has 5 rings (SSSR count). The van der Waals surface area contributed by atoms with E-state index in [1.54, 1.807) is 7.05 Å². The van der Waals surface area contributed by atoms with Crippen LogP contribution in [0.4, 0.5) is 10.6 Å². The number of carbonyl (C=O) groups is 3. The number of nitrogens with zero attached hydrogens (tertiary/aromatic N) is 2. The Labute approximate surface area is 195 Å². The number of amides is 2. The average Bonchev–Trinajstić information content (AvgIpc) is 3.43. The summed E-state index contributed by atoms with van der Waals surface area (Å²) in [5.41, 5.74) is 4.55. The van der Waals surface area contributed by atoms with Crippen LogP contribution in [0.2, 0.25) is 0 Å². The minimum absolute atomic E-state index is 0.0140. The molecule has 2 unspecified atom stereocenters. The Kier molecular flexibility index (Phi) is 5.53. The number of rotatable bonds is 7. The topological polar surface area (TPSA) is 123 Å². The maximum atomic E-state index is 12.5. The van der Waals surface area contributed by atoms with Crippen molar-refractivity contribution in [3.8, 4) is 11.1 Å². The van der Waals surface area contributed by atoms with Gasteiger partial charge in [-0.25, -0.2) is 9.59 Å². The van der Waals surface area contributed by atoms with Crippen molar-refractivity contribution in [2.45, 2.75) is 12.3 Å². The highest BCUT2D eigenvalue weighted by molar-refractivity contribution is 6.00. The van der Waals surface area contributed by atoms with E-state index in [9.17, 15) is 19.5 Å². The van der Waals surface area contributed by atoms with Gasteiger partial charge in [0.1, 0.15) is 18.0 Å². The molecule has 0 aliphatic heterocycles. The van der Waals surface area contributed by atoms with Crippen LogP contribution in [-0.4, -0.2) is 46.0 Å². The highest BCUT2D eigenvalue weighted by Gasteiger charge is 2.43. The minimum Gasteiger partial charge on any atom is -0.477 e. The van der Waals surface area contributed by atoms with E-state index in [0.717, 1.165) is 11.1 Å². The molecule has 34 heavy (non-hydrogen) atoms. The molecule has 2 aliphatic rings. The average molecular weight is 460 g/mol. The minimum atomic E-state index is -1.16. The number of alkyl carbamates (subject to hydrolysis) is 1. The summed E-state index contributed by atoms with van der Waals surface area (Å²) >= 11 is 0. The zero-order chi connectivity index (χ0) is 23.8. The molecular weight excluding hydrogens is 436 g/mol. The molecule has 1 saturated carbocycles. The van der Waals surface area contributed by atoms with Crippen molar-refractivity contribution in [1.29, 1.82) is 0 Å². The standard InChI is InChI=1S/C25H24N4O5/c1-29-22(20(12-27-29)24(31)32)28-23(30)19-10-14(19)11-26-25(33)34-13-21-17-8-4-2-6-15(17)16-7-3-5-9-18(16)21/h2-9,12,14,19,21H,10-11,13H2,1H3,(H,26,33)(H,28,30)(H,31,32). The van der Waals surface area contributed by atoms with Crippen molar-refractivity contribution in [2.24, 2.45) is 18.9 Å². The highest BCUT2D eigenvalue weighted by Crippen LogP contribution is 2.44. The Bertz CT molecular complexity index is 1240. The largest absolute Gasteiger partial charge is 0.477 e. The first-order valence-electron chi connectivity index (χ1n) is 11.1. The normalized spacial score (nSPS) is 18.0. The van der Waals surface area contributed by atoms with Gasteiger partial charge in [-0.2, -0.15) is 5.10 Å². The Morgan fingerprint density at radius 3 is 2.38 bits per heavy atom. The molecule has 2 aromatic carbocycles. The van der Waals surface area contributed by atoms with Gasteiger partial charge in [0.2, 0.25) is 5.91 Å². The summed E-state index contributed by atoms with van der Waals surface area (Å²) in [7, 11) is 1.56. The van der Waals surface area contributed by atoms with Crippen LogP contribution in [0.15, 0.2) is 54.7 Å². The van der Waals surface area contributed by atoms with Crippen LogP contribution in [-0.2, 0) is 16.6 Å². The number of aryl methyl sites for hydroxylation is 1. The lowest BCUT2D eigenvalue weighted by Crippen LogP contribution is -2.29. The lowest BCUT2D eigenvalue weighted by molar-refractivity contribution is -0.117. The predicted molar refractivity (Wildman–Crippen MR) is 123 cm³/mol. The van der Waals surface area contributed by atoms with Gasteiger partial charge in [0, 0.05) is 25.4 Å². The maximum Gasteiger partial charge on any atom is 0.407 e. The molecule has 0 radical (unpaired) electrons. The number of carboxylic acid groups (broad SMARTS) is 1. The number of benzene rings is 2. The first-order chi connectivity index (χ1) is 16.4. The Morgan fingerprint density at radius 2 is 1.74 bits per heavy atom. The molecule has 0 bridgehead atoms. The van der Waals surface area contributed by atoms with E-state index in [1.165, 1.54) is 22.0 Å². The first kappa shape index (κ1) is 21.7. The molecule has 0 spiro atoms. The number of anilines is 1. The van der Waals surface area contributed by atoms with E-state index in [1.807, 2.05) is 24.3 Å². The summed E-state index contributed by atoms with van der Waals surface area (Å²) in [4.78, 5) is 36.1. The van der Waals surface area contributed by atoms with Crippen LogP contribution in [0.25, 0.3) is 11.1 Å². The van der Waals surface area contributed by atoms with Crippen molar-refractivity contribution in [2.75, 3.05) is 18.5 Å². The van der Waals surface area contributed by atoms with Gasteiger partial charge in [-0.15, -0.1) is 0 Å². The summed E-state index contributed by atoms with van der Waals surface area (Å²) in [6.07, 6.45) is 1.28. The zero-order valence-electron chi connectivity index (χ0n) is 18.5. The van der Waals surface area contributed by atoms with Gasteiger partial charge in [0.25, 0.3) is 0 Å². The molecule has 2 amide bonds. The third-order valence-corrected chi connectivity index (χ3v) is 6.52. The van der Waals surface area contributed by atoms with E-state index < -0.39 is 12.1 Å². The Hall–Kier alpha value is -4.14. The number of aromatic carboxylic acids is 1. The maximum absolute atomic E-state index is 12.5. The predicted octanol–water partition coefficient (Wildman–Crippen LogP) is 3.23. The van der Waals surface area contributed by atoms with Gasteiger partial charge in [-0.3, -0.25) is 9.48 Å². The van der Waals surface area contributed by atoms with E-state index in [0.29, 0.717) is 13.0 Å². The number of carbonyl (C=O) groups excluding carboxylic acids is 2. The monoisotopic (exact) mass is 460 g/mol. The van der Waals surface area contributed by atoms with Crippen LogP contribution >= 0.6 is 0 Å². The molecule has 1 aromatic heterocycles. The fraction of sp³-hybridized carbons (Fsp3) is 0.280. The molecule has 9 nitrogen and oxygen atoms in total. The molecule has 1 fully saturated rings. The fourth-order valence-corrected chi connectivity index (χ4v) is 4.61. The first-order valence-corrected chi connectivity index (χ1v) is 11.1. The quantitative estimate of drug-likeness (QED) is 0.498. The number of carboxylic acids is 1. The van der Waals surface area contributed by atoms with Crippen molar-refractivity contribution < 1.29 is 24.2 Å². The number of nitrogens with one attached hydrogen (secondary N) is 2. The van der Waals surface area contributed by atoms with Crippen molar-refractivity contribution in [3.05, 3.63) is 71.4 Å². The molecule has 174 valence electrons. The number of hydrogen-bond acceptors (Lipinski definition) is 5. The van der Waals surface area contributed by atoms with Gasteiger partial charge in [0.15, 0.2) is 0 Å². The molecule has 3 aromatic rings. The number of fused-ring (bicyclic) bond motifs is 3. The molecule has 3 N–H and O–H groups in total. The fourth-order valence-electron chi connectivity index (χ4n) is 4.61. The van der Waals surface area contributed by atoms with Gasteiger partial charge >= 0.3 is 12.1 Å². The third kappa shape index (κ3) is 4.00. The lowest BCUT2D eigenvalue weighted by atomic mass is 9.98. The Morgan fingerprint density at radius 1 is 1.09 bits per heavy atom. The smallest absolute Gasteiger partial charge is 0.407 e. The number of hydrogen-bond donors (Lipinski definition) is 3. The van der Waals surface area contributed by atoms with E-state index in [4.69, 9.17) is 4.74 Å². The number of ether oxygens (including phenoxy) is 1. The second-order valence-electron chi connectivity index (χ2n) is 8.63. The number of aromatic nitrogens is 2. The molecule has 9 heteroatoms. The van der Waals surface area contributed by atoms with Crippen LogP contribution in [0.1, 0.15) is 33.8 Å². The molecule has 0 saturated heterocycles. The van der Waals surface area contributed by atoms with Crippen molar-refractivity contribution in [1.82, 2.24) is 15.1 Å². The summed E-state index contributed by atoms with van der Waals surface area (Å²) < 4.78 is 6.84. The highest BCUT2D eigenvalue weighted by atomic mass is 16.5. The van der Waals surface area contributed by atoms with Gasteiger partial charge < -0.3 is 20.5 Å². The summed E-state index contributed by atoms with van der Waals surface area (Å²) in [6.45, 7) is 0.541. The van der Waals surface area contributed by atoms with Gasteiger partial charge in [-0.1, -0.05) is 48.5 Å². The van der Waals surface area contributed by atoms with Crippen LogP contribution < -0.4 is 10.6 Å².